The number of hydrogen-bond acceptors (Lipinski definition) is 5. The summed E-state index contributed by atoms with van der Waals surface area (Å²) in [5.41, 5.74) is 3.65. The SMILES string of the molecule is COc1ccccc1-n1c(O)c(C=C2C=Nc3ccccc32)sc1=S. The number of aromatic nitrogens is 1. The van der Waals surface area contributed by atoms with Crippen LogP contribution in [-0.4, -0.2) is 23.0 Å². The molecule has 2 heterocycles. The molecule has 0 aliphatic carbocycles. The van der Waals surface area contributed by atoms with Gasteiger partial charge in [-0.1, -0.05) is 30.3 Å². The van der Waals surface area contributed by atoms with E-state index in [4.69, 9.17) is 17.0 Å². The maximum atomic E-state index is 10.8. The van der Waals surface area contributed by atoms with E-state index in [9.17, 15) is 5.11 Å². The predicted molar refractivity (Wildman–Crippen MR) is 105 cm³/mol. The van der Waals surface area contributed by atoms with E-state index in [1.54, 1.807) is 17.9 Å². The number of para-hydroxylation sites is 3. The van der Waals surface area contributed by atoms with Crippen LogP contribution in [0.1, 0.15) is 10.4 Å². The van der Waals surface area contributed by atoms with Crippen LogP contribution in [0, 0.1) is 3.95 Å². The average Bonchev–Trinajstić information content (AvgIpc) is 3.16. The standard InChI is InChI=1S/C19H14N2O2S2/c1-23-16-9-5-4-8-15(16)21-18(22)17(25-19(21)24)10-12-11-20-14-7-3-2-6-13(12)14/h2-11,22H,1H3. The highest BCUT2D eigenvalue weighted by molar-refractivity contribution is 7.73. The summed E-state index contributed by atoms with van der Waals surface area (Å²) in [4.78, 5) is 5.09. The Hall–Kier alpha value is -2.70. The number of allylic oxidation sites excluding steroid dienone is 1. The van der Waals surface area contributed by atoms with Gasteiger partial charge < -0.3 is 9.84 Å². The van der Waals surface area contributed by atoms with Gasteiger partial charge >= 0.3 is 0 Å². The lowest BCUT2D eigenvalue weighted by Gasteiger charge is -2.09. The normalized spacial score (nSPS) is 14.0. The number of rotatable bonds is 3. The van der Waals surface area contributed by atoms with Crippen LogP contribution in [0.5, 0.6) is 11.6 Å². The summed E-state index contributed by atoms with van der Waals surface area (Å²) in [6.07, 6.45) is 3.72. The number of fused-ring (bicyclic) bond motifs is 1. The van der Waals surface area contributed by atoms with E-state index in [1.165, 1.54) is 11.3 Å². The Morgan fingerprint density at radius 3 is 2.76 bits per heavy atom. The second-order valence-electron chi connectivity index (χ2n) is 5.44. The van der Waals surface area contributed by atoms with Gasteiger partial charge in [-0.15, -0.1) is 11.3 Å². The molecule has 0 spiro atoms. The molecule has 0 saturated heterocycles. The van der Waals surface area contributed by atoms with E-state index in [0.717, 1.165) is 16.8 Å². The number of benzene rings is 2. The first-order valence-corrected chi connectivity index (χ1v) is 8.85. The van der Waals surface area contributed by atoms with Crippen molar-refractivity contribution in [1.29, 1.82) is 0 Å². The summed E-state index contributed by atoms with van der Waals surface area (Å²) in [5, 5.41) is 10.8. The van der Waals surface area contributed by atoms with Gasteiger partial charge in [0.05, 0.1) is 23.4 Å². The Kier molecular flexibility index (Phi) is 3.99. The van der Waals surface area contributed by atoms with Gasteiger partial charge in [0.2, 0.25) is 5.88 Å². The van der Waals surface area contributed by atoms with E-state index in [0.29, 0.717) is 20.3 Å². The summed E-state index contributed by atoms with van der Waals surface area (Å²) in [7, 11) is 1.60. The minimum Gasteiger partial charge on any atom is -0.495 e. The van der Waals surface area contributed by atoms with Crippen LogP contribution in [0.2, 0.25) is 0 Å². The van der Waals surface area contributed by atoms with Crippen molar-refractivity contribution in [3.05, 3.63) is 62.9 Å². The van der Waals surface area contributed by atoms with Crippen molar-refractivity contribution < 1.29 is 9.84 Å². The fourth-order valence-electron chi connectivity index (χ4n) is 2.80. The summed E-state index contributed by atoms with van der Waals surface area (Å²) in [6.45, 7) is 0. The zero-order valence-corrected chi connectivity index (χ0v) is 15.0. The second-order valence-corrected chi connectivity index (χ2v) is 7.11. The zero-order valence-electron chi connectivity index (χ0n) is 13.3. The second kappa shape index (κ2) is 6.31. The van der Waals surface area contributed by atoms with Gasteiger partial charge in [-0.25, -0.2) is 0 Å². The number of aliphatic imine (C=N–C) groups is 1. The third kappa shape index (κ3) is 2.69. The van der Waals surface area contributed by atoms with Crippen LogP contribution in [-0.2, 0) is 0 Å². The van der Waals surface area contributed by atoms with Crippen molar-refractivity contribution >= 4 is 47.1 Å². The monoisotopic (exact) mass is 366 g/mol. The van der Waals surface area contributed by atoms with E-state index in [-0.39, 0.29) is 5.88 Å². The molecule has 0 unspecified atom stereocenters. The van der Waals surface area contributed by atoms with Crippen LogP contribution in [0.4, 0.5) is 5.69 Å². The number of thiazole rings is 1. The first-order chi connectivity index (χ1) is 12.2. The number of hydrogen-bond donors (Lipinski definition) is 1. The van der Waals surface area contributed by atoms with E-state index in [1.807, 2.05) is 54.6 Å². The topological polar surface area (TPSA) is 46.8 Å². The van der Waals surface area contributed by atoms with Crippen molar-refractivity contribution in [2.75, 3.05) is 7.11 Å². The minimum atomic E-state index is 0.102. The predicted octanol–water partition coefficient (Wildman–Crippen LogP) is 5.24. The van der Waals surface area contributed by atoms with Crippen LogP contribution < -0.4 is 4.74 Å². The first-order valence-electron chi connectivity index (χ1n) is 7.62. The Balaban J connectivity index is 1.84. The lowest BCUT2D eigenvalue weighted by molar-refractivity contribution is 0.405. The van der Waals surface area contributed by atoms with Gasteiger partial charge in [0.1, 0.15) is 5.75 Å². The Morgan fingerprint density at radius 1 is 1.16 bits per heavy atom. The van der Waals surface area contributed by atoms with E-state index >= 15 is 0 Å². The van der Waals surface area contributed by atoms with Gasteiger partial charge in [0.15, 0.2) is 3.95 Å². The fraction of sp³-hybridized carbons (Fsp3) is 0.0526. The van der Waals surface area contributed by atoms with Gasteiger partial charge in [-0.3, -0.25) is 9.56 Å². The molecule has 0 atom stereocenters. The van der Waals surface area contributed by atoms with E-state index < -0.39 is 0 Å². The highest BCUT2D eigenvalue weighted by Gasteiger charge is 2.17. The largest absolute Gasteiger partial charge is 0.495 e. The third-order valence-corrected chi connectivity index (χ3v) is 5.29. The average molecular weight is 366 g/mol. The molecule has 1 aromatic heterocycles. The van der Waals surface area contributed by atoms with Crippen LogP contribution >= 0.6 is 23.6 Å². The summed E-state index contributed by atoms with van der Waals surface area (Å²) < 4.78 is 7.57. The molecule has 1 N–H and O–H groups in total. The van der Waals surface area contributed by atoms with Crippen molar-refractivity contribution in [3.63, 3.8) is 0 Å². The molecular weight excluding hydrogens is 352 g/mol. The quantitative estimate of drug-likeness (QED) is 0.645. The molecular formula is C19H14N2O2S2. The Labute approximate surface area is 154 Å². The smallest absolute Gasteiger partial charge is 0.215 e. The molecule has 6 heteroatoms. The van der Waals surface area contributed by atoms with Crippen molar-refractivity contribution in [2.24, 2.45) is 4.99 Å². The van der Waals surface area contributed by atoms with Gasteiger partial charge in [-0.05, 0) is 36.5 Å². The molecule has 1 aliphatic heterocycles. The highest BCUT2D eigenvalue weighted by Crippen LogP contribution is 2.38. The number of aromatic hydroxyl groups is 1. The molecule has 0 saturated carbocycles. The number of ether oxygens (including phenoxy) is 1. The van der Waals surface area contributed by atoms with Gasteiger partial charge in [0.25, 0.3) is 0 Å². The molecule has 1 aliphatic rings. The zero-order chi connectivity index (χ0) is 17.4. The van der Waals surface area contributed by atoms with Gasteiger partial charge in [-0.2, -0.15) is 0 Å². The maximum Gasteiger partial charge on any atom is 0.215 e. The molecule has 25 heavy (non-hydrogen) atoms. The molecule has 4 nitrogen and oxygen atoms in total. The summed E-state index contributed by atoms with van der Waals surface area (Å²) >= 11 is 6.82. The molecule has 4 rings (SSSR count). The Bertz CT molecular complexity index is 1080. The number of nitrogens with zero attached hydrogens (tertiary/aromatic N) is 2. The Morgan fingerprint density at radius 2 is 1.92 bits per heavy atom. The molecule has 0 bridgehead atoms. The summed E-state index contributed by atoms with van der Waals surface area (Å²) in [6, 6.07) is 15.4. The van der Waals surface area contributed by atoms with Crippen molar-refractivity contribution in [2.45, 2.75) is 0 Å². The fourth-order valence-corrected chi connectivity index (χ4v) is 4.09. The molecule has 0 amide bonds. The number of methoxy groups -OCH3 is 1. The lowest BCUT2D eigenvalue weighted by atomic mass is 10.1. The molecule has 124 valence electrons. The maximum absolute atomic E-state index is 10.8. The van der Waals surface area contributed by atoms with E-state index in [2.05, 4.69) is 4.99 Å². The van der Waals surface area contributed by atoms with Crippen LogP contribution in [0.3, 0.4) is 0 Å². The van der Waals surface area contributed by atoms with Crippen molar-refractivity contribution in [1.82, 2.24) is 4.57 Å². The van der Waals surface area contributed by atoms with Crippen LogP contribution in [0.25, 0.3) is 17.3 Å². The van der Waals surface area contributed by atoms with Crippen LogP contribution in [0.15, 0.2) is 53.5 Å². The molecule has 3 aromatic rings. The third-order valence-electron chi connectivity index (χ3n) is 3.98. The minimum absolute atomic E-state index is 0.102. The molecule has 2 aromatic carbocycles. The molecule has 0 fully saturated rings. The summed E-state index contributed by atoms with van der Waals surface area (Å²) in [5.74, 6) is 0.753. The lowest BCUT2D eigenvalue weighted by Crippen LogP contribution is -1.97. The highest BCUT2D eigenvalue weighted by atomic mass is 32.1. The molecule has 0 radical (unpaired) electrons. The van der Waals surface area contributed by atoms with Crippen molar-refractivity contribution in [3.8, 4) is 17.3 Å². The van der Waals surface area contributed by atoms with Gasteiger partial charge in [0, 0.05) is 17.4 Å². The first kappa shape index (κ1) is 15.8.